The van der Waals surface area contributed by atoms with Crippen molar-refractivity contribution in [2.45, 2.75) is 70.1 Å². The molecular weight excluding hydrogens is 342 g/mol. The molecule has 2 heterocycles. The van der Waals surface area contributed by atoms with Crippen LogP contribution in [-0.4, -0.2) is 36.7 Å². The van der Waals surface area contributed by atoms with Gasteiger partial charge >= 0.3 is 11.9 Å². The van der Waals surface area contributed by atoms with E-state index in [1.54, 1.807) is 0 Å². The molecule has 2 saturated heterocycles. The van der Waals surface area contributed by atoms with Crippen LogP contribution in [0.1, 0.15) is 51.9 Å². The lowest BCUT2D eigenvalue weighted by molar-refractivity contribution is -0.154. The van der Waals surface area contributed by atoms with Crippen molar-refractivity contribution in [3.05, 3.63) is 24.3 Å². The molecule has 0 aromatic heterocycles. The molecule has 5 heteroatoms. The second-order valence-electron chi connectivity index (χ2n) is 9.90. The largest absolute Gasteiger partial charge is 0.458 e. The summed E-state index contributed by atoms with van der Waals surface area (Å²) in [5.41, 5.74) is 2.04. The highest BCUT2D eigenvalue weighted by Gasteiger charge is 2.55. The van der Waals surface area contributed by atoms with Crippen LogP contribution in [0.2, 0.25) is 0 Å². The van der Waals surface area contributed by atoms with E-state index in [-0.39, 0.29) is 47.4 Å². The van der Waals surface area contributed by atoms with E-state index < -0.39 is 0 Å². The van der Waals surface area contributed by atoms with Gasteiger partial charge in [-0.3, -0.25) is 4.79 Å². The van der Waals surface area contributed by atoms with E-state index in [1.165, 1.54) is 12.8 Å². The molecule has 5 nitrogen and oxygen atoms in total. The number of fused-ring (bicyclic) bond motifs is 2. The van der Waals surface area contributed by atoms with E-state index in [9.17, 15) is 9.59 Å². The van der Waals surface area contributed by atoms with E-state index in [0.29, 0.717) is 11.0 Å². The second-order valence-corrected chi connectivity index (χ2v) is 9.90. The monoisotopic (exact) mass is 371 g/mol. The van der Waals surface area contributed by atoms with Crippen LogP contribution in [0.5, 0.6) is 0 Å². The van der Waals surface area contributed by atoms with Gasteiger partial charge in [0.05, 0.1) is 0 Å². The van der Waals surface area contributed by atoms with Crippen molar-refractivity contribution in [2.24, 2.45) is 22.7 Å². The van der Waals surface area contributed by atoms with Gasteiger partial charge in [0.15, 0.2) is 0 Å². The van der Waals surface area contributed by atoms with Crippen LogP contribution >= 0.6 is 0 Å². The quantitative estimate of drug-likeness (QED) is 0.459. The molecule has 27 heavy (non-hydrogen) atoms. The van der Waals surface area contributed by atoms with Crippen LogP contribution in [0.25, 0.3) is 0 Å². The molecular formula is C22H29NO4. The topological polar surface area (TPSA) is 64.6 Å². The van der Waals surface area contributed by atoms with Crippen molar-refractivity contribution in [1.29, 1.82) is 0 Å². The Labute approximate surface area is 160 Å². The molecule has 0 bridgehead atoms. The Bertz CT molecular complexity index is 739. The fraction of sp³-hybridized carbons (Fsp3) is 0.727. The SMILES string of the molecule is C=C1C(=O)O[C@@H]2C[C@@]3(C)CC[C@@H](OC(=O)[C@H]4CC5(CC5)CN4)C(=C)[C@@H]3C[C@H]12. The maximum atomic E-state index is 12.7. The van der Waals surface area contributed by atoms with Gasteiger partial charge < -0.3 is 14.8 Å². The lowest BCUT2D eigenvalue weighted by Gasteiger charge is -2.51. The number of nitrogens with one attached hydrogen (secondary N) is 1. The van der Waals surface area contributed by atoms with E-state index in [2.05, 4.69) is 25.4 Å². The molecule has 0 radical (unpaired) electrons. The van der Waals surface area contributed by atoms with Crippen molar-refractivity contribution >= 4 is 11.9 Å². The first kappa shape index (κ1) is 17.5. The molecule has 0 unspecified atom stereocenters. The first-order chi connectivity index (χ1) is 12.8. The van der Waals surface area contributed by atoms with E-state index >= 15 is 0 Å². The number of ether oxygens (including phenoxy) is 2. The maximum Gasteiger partial charge on any atom is 0.334 e. The Morgan fingerprint density at radius 2 is 2.04 bits per heavy atom. The zero-order chi connectivity index (χ0) is 19.0. The van der Waals surface area contributed by atoms with Crippen LogP contribution in [0.3, 0.4) is 0 Å². The molecule has 2 aliphatic heterocycles. The minimum atomic E-state index is -0.248. The zero-order valence-electron chi connectivity index (χ0n) is 16.1. The van der Waals surface area contributed by atoms with Gasteiger partial charge in [0.2, 0.25) is 0 Å². The van der Waals surface area contributed by atoms with Crippen LogP contribution in [-0.2, 0) is 19.1 Å². The Balaban J connectivity index is 1.28. The molecule has 5 fully saturated rings. The number of esters is 2. The fourth-order valence-electron chi connectivity index (χ4n) is 6.03. The van der Waals surface area contributed by atoms with Gasteiger partial charge in [0, 0.05) is 18.0 Å². The number of rotatable bonds is 2. The van der Waals surface area contributed by atoms with E-state index in [0.717, 1.165) is 44.2 Å². The zero-order valence-corrected chi connectivity index (χ0v) is 16.1. The summed E-state index contributed by atoms with van der Waals surface area (Å²) in [6.07, 6.45) is 6.55. The summed E-state index contributed by atoms with van der Waals surface area (Å²) >= 11 is 0. The van der Waals surface area contributed by atoms with Crippen molar-refractivity contribution < 1.29 is 19.1 Å². The van der Waals surface area contributed by atoms with Crippen molar-refractivity contribution in [3.63, 3.8) is 0 Å². The molecule has 5 aliphatic rings. The molecule has 1 N–H and O–H groups in total. The van der Waals surface area contributed by atoms with Crippen LogP contribution in [0.15, 0.2) is 24.3 Å². The second kappa shape index (κ2) is 5.69. The number of hydrogen-bond acceptors (Lipinski definition) is 5. The molecule has 1 spiro atoms. The van der Waals surface area contributed by atoms with Crippen LogP contribution < -0.4 is 5.32 Å². The smallest absolute Gasteiger partial charge is 0.334 e. The first-order valence-electron chi connectivity index (χ1n) is 10.3. The highest BCUT2D eigenvalue weighted by Crippen LogP contribution is 2.57. The Hall–Kier alpha value is -1.62. The summed E-state index contributed by atoms with van der Waals surface area (Å²) in [6, 6.07) is -0.162. The summed E-state index contributed by atoms with van der Waals surface area (Å²) in [4.78, 5) is 24.6. The van der Waals surface area contributed by atoms with Gasteiger partial charge in [0.25, 0.3) is 0 Å². The predicted molar refractivity (Wildman–Crippen MR) is 99.7 cm³/mol. The molecule has 3 saturated carbocycles. The fourth-order valence-corrected chi connectivity index (χ4v) is 6.03. The Morgan fingerprint density at radius 3 is 2.74 bits per heavy atom. The highest BCUT2D eigenvalue weighted by atomic mass is 16.6. The van der Waals surface area contributed by atoms with Gasteiger partial charge in [-0.1, -0.05) is 20.1 Å². The number of hydrogen-bond donors (Lipinski definition) is 1. The third kappa shape index (κ3) is 2.69. The summed E-state index contributed by atoms with van der Waals surface area (Å²) in [7, 11) is 0. The third-order valence-corrected chi connectivity index (χ3v) is 8.11. The average molecular weight is 371 g/mol. The first-order valence-corrected chi connectivity index (χ1v) is 10.3. The Morgan fingerprint density at radius 1 is 1.26 bits per heavy atom. The van der Waals surface area contributed by atoms with Gasteiger partial charge in [-0.2, -0.15) is 0 Å². The van der Waals surface area contributed by atoms with Crippen LogP contribution in [0.4, 0.5) is 0 Å². The Kier molecular flexibility index (Phi) is 3.69. The van der Waals surface area contributed by atoms with Crippen molar-refractivity contribution in [1.82, 2.24) is 5.32 Å². The van der Waals surface area contributed by atoms with Crippen molar-refractivity contribution in [2.75, 3.05) is 6.54 Å². The average Bonchev–Trinajstić information content (AvgIpc) is 3.15. The van der Waals surface area contributed by atoms with Crippen molar-refractivity contribution in [3.8, 4) is 0 Å². The summed E-state index contributed by atoms with van der Waals surface area (Å²) in [5, 5.41) is 3.35. The lowest BCUT2D eigenvalue weighted by Crippen LogP contribution is -2.48. The normalized spacial score (nSPS) is 44.6. The highest BCUT2D eigenvalue weighted by molar-refractivity contribution is 5.90. The molecule has 5 rings (SSSR count). The van der Waals surface area contributed by atoms with Gasteiger partial charge in [-0.05, 0) is 67.3 Å². The molecule has 146 valence electrons. The molecule has 0 aromatic rings. The van der Waals surface area contributed by atoms with Gasteiger partial charge in [-0.25, -0.2) is 4.79 Å². The third-order valence-electron chi connectivity index (χ3n) is 8.11. The maximum absolute atomic E-state index is 12.7. The molecule has 3 aliphatic carbocycles. The number of carbonyl (C=O) groups excluding carboxylic acids is 2. The van der Waals surface area contributed by atoms with Gasteiger partial charge in [-0.15, -0.1) is 0 Å². The van der Waals surface area contributed by atoms with Gasteiger partial charge in [0.1, 0.15) is 18.2 Å². The molecule has 0 amide bonds. The molecule has 6 atom stereocenters. The van der Waals surface area contributed by atoms with E-state index in [4.69, 9.17) is 9.47 Å². The summed E-state index contributed by atoms with van der Waals surface area (Å²) in [5.74, 6) is -0.0518. The summed E-state index contributed by atoms with van der Waals surface area (Å²) < 4.78 is 11.5. The number of carbonyl (C=O) groups is 2. The molecule has 0 aromatic carbocycles. The van der Waals surface area contributed by atoms with Crippen LogP contribution in [0, 0.1) is 22.7 Å². The lowest BCUT2D eigenvalue weighted by atomic mass is 9.55. The standard InChI is InChI=1S/C22H29NO4/c1-12-14-8-15-13(2)17(4-5-21(15,3)10-18(14)27-19(12)24)26-20(25)16-9-22(6-7-22)11-23-16/h14-18,23H,1-2,4-11H2,3H3/t14-,15+,16-,17-,18-,21-/m1/s1. The summed E-state index contributed by atoms with van der Waals surface area (Å²) in [6.45, 7) is 11.5. The minimum absolute atomic E-state index is 0.0458. The predicted octanol–water partition coefficient (Wildman–Crippen LogP) is 2.90. The minimum Gasteiger partial charge on any atom is -0.458 e. The van der Waals surface area contributed by atoms with E-state index in [1.807, 2.05) is 0 Å².